The summed E-state index contributed by atoms with van der Waals surface area (Å²) < 4.78 is 0. The highest BCUT2D eigenvalue weighted by Crippen LogP contribution is 2.30. The van der Waals surface area contributed by atoms with Crippen molar-refractivity contribution in [2.24, 2.45) is 0 Å². The first kappa shape index (κ1) is 24.2. The molecule has 0 unspecified atom stereocenters. The number of carbonyl (C=O) groups is 3. The molecular weight excluding hydrogens is 440 g/mol. The predicted octanol–water partition coefficient (Wildman–Crippen LogP) is 4.15. The SMILES string of the molecule is CC(=O)Nc1cc(NC(C)=O)cc(C(=O)N2CCN(C(c3ccccc3)c3ccccc3)CC2)c1. The van der Waals surface area contributed by atoms with E-state index < -0.39 is 0 Å². The van der Waals surface area contributed by atoms with Crippen LogP contribution in [-0.4, -0.2) is 53.7 Å². The second kappa shape index (κ2) is 11.0. The molecule has 7 heteroatoms. The Bertz CT molecular complexity index is 1120. The van der Waals surface area contributed by atoms with Gasteiger partial charge in [0.1, 0.15) is 0 Å². The van der Waals surface area contributed by atoms with Gasteiger partial charge in [0.05, 0.1) is 6.04 Å². The molecule has 180 valence electrons. The Morgan fingerprint density at radius 1 is 0.686 bits per heavy atom. The Morgan fingerprint density at radius 2 is 1.14 bits per heavy atom. The summed E-state index contributed by atoms with van der Waals surface area (Å²) in [6.07, 6.45) is 0. The summed E-state index contributed by atoms with van der Waals surface area (Å²) in [6, 6.07) is 25.9. The van der Waals surface area contributed by atoms with Gasteiger partial charge >= 0.3 is 0 Å². The van der Waals surface area contributed by atoms with Gasteiger partial charge in [-0.2, -0.15) is 0 Å². The van der Waals surface area contributed by atoms with Gasteiger partial charge in [-0.15, -0.1) is 0 Å². The zero-order valence-electron chi connectivity index (χ0n) is 20.0. The number of nitrogens with one attached hydrogen (secondary N) is 2. The maximum absolute atomic E-state index is 13.4. The molecule has 2 N–H and O–H groups in total. The number of hydrogen-bond acceptors (Lipinski definition) is 4. The molecule has 1 saturated heterocycles. The molecule has 4 rings (SSSR count). The van der Waals surface area contributed by atoms with Crippen molar-refractivity contribution in [1.29, 1.82) is 0 Å². The van der Waals surface area contributed by atoms with Gasteiger partial charge in [0.15, 0.2) is 0 Å². The molecule has 1 heterocycles. The van der Waals surface area contributed by atoms with E-state index in [2.05, 4.69) is 64.1 Å². The van der Waals surface area contributed by atoms with E-state index >= 15 is 0 Å². The summed E-state index contributed by atoms with van der Waals surface area (Å²) in [7, 11) is 0. The van der Waals surface area contributed by atoms with Crippen LogP contribution in [0.5, 0.6) is 0 Å². The van der Waals surface area contributed by atoms with Gasteiger partial charge < -0.3 is 15.5 Å². The van der Waals surface area contributed by atoms with Gasteiger partial charge in [-0.1, -0.05) is 60.7 Å². The number of hydrogen-bond donors (Lipinski definition) is 2. The van der Waals surface area contributed by atoms with E-state index in [9.17, 15) is 14.4 Å². The minimum Gasteiger partial charge on any atom is -0.336 e. The third-order valence-corrected chi connectivity index (χ3v) is 6.02. The molecule has 0 atom stereocenters. The van der Waals surface area contributed by atoms with Gasteiger partial charge in [0.2, 0.25) is 11.8 Å². The van der Waals surface area contributed by atoms with E-state index in [0.29, 0.717) is 30.0 Å². The predicted molar refractivity (Wildman–Crippen MR) is 137 cm³/mol. The lowest BCUT2D eigenvalue weighted by molar-refractivity contribution is -0.115. The topological polar surface area (TPSA) is 81.8 Å². The van der Waals surface area contributed by atoms with E-state index in [1.807, 2.05) is 17.0 Å². The van der Waals surface area contributed by atoms with Gasteiger partial charge in [-0.3, -0.25) is 19.3 Å². The summed E-state index contributed by atoms with van der Waals surface area (Å²) in [4.78, 5) is 40.7. The van der Waals surface area contributed by atoms with Crippen LogP contribution in [0.2, 0.25) is 0 Å². The molecule has 0 aliphatic carbocycles. The minimum absolute atomic E-state index is 0.115. The summed E-state index contributed by atoms with van der Waals surface area (Å²) in [5.74, 6) is -0.617. The maximum Gasteiger partial charge on any atom is 0.254 e. The second-order valence-corrected chi connectivity index (χ2v) is 8.71. The normalized spacial score (nSPS) is 14.0. The van der Waals surface area contributed by atoms with E-state index in [0.717, 1.165) is 13.1 Å². The van der Waals surface area contributed by atoms with Gasteiger partial charge in [0.25, 0.3) is 5.91 Å². The maximum atomic E-state index is 13.4. The van der Waals surface area contributed by atoms with E-state index in [4.69, 9.17) is 0 Å². The smallest absolute Gasteiger partial charge is 0.254 e. The second-order valence-electron chi connectivity index (χ2n) is 8.71. The van der Waals surface area contributed by atoms with Gasteiger partial charge in [0, 0.05) is 57.0 Å². The highest BCUT2D eigenvalue weighted by atomic mass is 16.2. The Morgan fingerprint density at radius 3 is 1.57 bits per heavy atom. The first-order valence-electron chi connectivity index (χ1n) is 11.7. The van der Waals surface area contributed by atoms with Crippen molar-refractivity contribution in [2.45, 2.75) is 19.9 Å². The number of nitrogens with zero attached hydrogens (tertiary/aromatic N) is 2. The fourth-order valence-corrected chi connectivity index (χ4v) is 4.55. The molecule has 3 aromatic carbocycles. The van der Waals surface area contributed by atoms with Crippen LogP contribution < -0.4 is 10.6 Å². The van der Waals surface area contributed by atoms with Crippen molar-refractivity contribution in [3.63, 3.8) is 0 Å². The van der Waals surface area contributed by atoms with Crippen LogP contribution in [0.25, 0.3) is 0 Å². The first-order valence-corrected chi connectivity index (χ1v) is 11.7. The lowest BCUT2D eigenvalue weighted by atomic mass is 9.96. The summed E-state index contributed by atoms with van der Waals surface area (Å²) in [6.45, 7) is 5.42. The molecule has 1 aliphatic heterocycles. The Balaban J connectivity index is 1.52. The van der Waals surface area contributed by atoms with Gasteiger partial charge in [-0.05, 0) is 29.3 Å². The van der Waals surface area contributed by atoms with Crippen LogP contribution in [0.1, 0.15) is 41.4 Å². The van der Waals surface area contributed by atoms with Crippen molar-refractivity contribution in [1.82, 2.24) is 9.80 Å². The van der Waals surface area contributed by atoms with Crippen molar-refractivity contribution in [3.8, 4) is 0 Å². The lowest BCUT2D eigenvalue weighted by Crippen LogP contribution is -2.49. The third kappa shape index (κ3) is 6.13. The number of anilines is 2. The molecule has 3 aromatic rings. The van der Waals surface area contributed by atoms with E-state index in [1.54, 1.807) is 18.2 Å². The fourth-order valence-electron chi connectivity index (χ4n) is 4.55. The molecular formula is C28H30N4O3. The summed E-state index contributed by atoms with van der Waals surface area (Å²) >= 11 is 0. The molecule has 1 aliphatic rings. The highest BCUT2D eigenvalue weighted by molar-refractivity contribution is 6.00. The molecule has 35 heavy (non-hydrogen) atoms. The summed E-state index contributed by atoms with van der Waals surface area (Å²) in [5.41, 5.74) is 3.82. The Kier molecular flexibility index (Phi) is 7.57. The standard InChI is InChI=1S/C28H30N4O3/c1-20(33)29-25-17-24(18-26(19-25)30-21(2)34)28(35)32-15-13-31(14-16-32)27(22-9-5-3-6-10-22)23-11-7-4-8-12-23/h3-12,17-19,27H,13-16H2,1-2H3,(H,29,33)(H,30,34). The number of carbonyl (C=O) groups excluding carboxylic acids is 3. The highest BCUT2D eigenvalue weighted by Gasteiger charge is 2.28. The van der Waals surface area contributed by atoms with Crippen LogP contribution in [-0.2, 0) is 9.59 Å². The van der Waals surface area contributed by atoms with Crippen LogP contribution >= 0.6 is 0 Å². The molecule has 3 amide bonds. The monoisotopic (exact) mass is 470 g/mol. The van der Waals surface area contributed by atoms with Crippen LogP contribution in [0.15, 0.2) is 78.9 Å². The van der Waals surface area contributed by atoms with Crippen molar-refractivity contribution < 1.29 is 14.4 Å². The van der Waals surface area contributed by atoms with Crippen molar-refractivity contribution in [3.05, 3.63) is 95.6 Å². The molecule has 0 saturated carbocycles. The fraction of sp³-hybridized carbons (Fsp3) is 0.250. The zero-order valence-corrected chi connectivity index (χ0v) is 20.0. The minimum atomic E-state index is -0.246. The van der Waals surface area contributed by atoms with Gasteiger partial charge in [-0.25, -0.2) is 0 Å². The largest absolute Gasteiger partial charge is 0.336 e. The van der Waals surface area contributed by atoms with E-state index in [1.165, 1.54) is 25.0 Å². The molecule has 0 spiro atoms. The number of benzene rings is 3. The molecule has 0 aromatic heterocycles. The molecule has 7 nitrogen and oxygen atoms in total. The number of piperazine rings is 1. The lowest BCUT2D eigenvalue weighted by Gasteiger charge is -2.40. The van der Waals surface area contributed by atoms with Crippen molar-refractivity contribution in [2.75, 3.05) is 36.8 Å². The molecule has 0 radical (unpaired) electrons. The van der Waals surface area contributed by atoms with Crippen LogP contribution in [0.3, 0.4) is 0 Å². The zero-order chi connectivity index (χ0) is 24.8. The summed E-state index contributed by atoms with van der Waals surface area (Å²) in [5, 5.41) is 5.41. The average molecular weight is 471 g/mol. The van der Waals surface area contributed by atoms with Crippen LogP contribution in [0, 0.1) is 0 Å². The third-order valence-electron chi connectivity index (χ3n) is 6.02. The van der Waals surface area contributed by atoms with Crippen molar-refractivity contribution >= 4 is 29.1 Å². The Hall–Kier alpha value is -3.97. The average Bonchev–Trinajstić information content (AvgIpc) is 2.84. The van der Waals surface area contributed by atoms with E-state index in [-0.39, 0.29) is 23.8 Å². The molecule has 0 bridgehead atoms. The quantitative estimate of drug-likeness (QED) is 0.567. The first-order chi connectivity index (χ1) is 16.9. The van der Waals surface area contributed by atoms with Crippen LogP contribution in [0.4, 0.5) is 11.4 Å². The molecule has 1 fully saturated rings. The number of rotatable bonds is 6. The number of amides is 3. The Labute approximate surface area is 205 Å².